The fourth-order valence-corrected chi connectivity index (χ4v) is 18.5. The van der Waals surface area contributed by atoms with Gasteiger partial charge in [0.05, 0.1) is 0 Å². The second-order valence-electron chi connectivity index (χ2n) is 22.1. The molecule has 8 rings (SSSR count). The Morgan fingerprint density at radius 1 is 0.500 bits per heavy atom. The molecule has 0 nitrogen and oxygen atoms in total. The van der Waals surface area contributed by atoms with E-state index in [9.17, 15) is 0 Å². The second-order valence-corrected chi connectivity index (χ2v) is 22.1. The summed E-state index contributed by atoms with van der Waals surface area (Å²) in [4.78, 5) is 0. The zero-order chi connectivity index (χ0) is 33.7. The fraction of sp³-hybridized carbons (Fsp3) is 1.00. The van der Waals surface area contributed by atoms with Gasteiger partial charge >= 0.3 is 0 Å². The van der Waals surface area contributed by atoms with Crippen molar-refractivity contribution >= 4 is 0 Å². The molecule has 0 saturated heterocycles. The van der Waals surface area contributed by atoms with Crippen LogP contribution in [0.15, 0.2) is 0 Å². The van der Waals surface area contributed by atoms with Gasteiger partial charge < -0.3 is 0 Å². The first-order valence-corrected chi connectivity index (χ1v) is 23.0. The first kappa shape index (κ1) is 35.1. The van der Waals surface area contributed by atoms with Crippen LogP contribution in [0.25, 0.3) is 0 Å². The van der Waals surface area contributed by atoms with Crippen molar-refractivity contribution in [2.24, 2.45) is 117 Å². The Bertz CT molecular complexity index is 1100. The lowest BCUT2D eigenvalue weighted by atomic mass is 9.43. The zero-order valence-electron chi connectivity index (χ0n) is 33.7. The molecule has 1 spiro atoms. The molecular formula is C48H82. The van der Waals surface area contributed by atoms with E-state index in [1.807, 2.05) is 0 Å². The van der Waals surface area contributed by atoms with Crippen LogP contribution in [0.5, 0.6) is 0 Å². The monoisotopic (exact) mass is 659 g/mol. The molecule has 0 heteroatoms. The van der Waals surface area contributed by atoms with Gasteiger partial charge in [-0.25, -0.2) is 0 Å². The van der Waals surface area contributed by atoms with Crippen molar-refractivity contribution in [1.82, 2.24) is 0 Å². The Balaban J connectivity index is 1.25. The van der Waals surface area contributed by atoms with Crippen LogP contribution in [0.3, 0.4) is 0 Å². The van der Waals surface area contributed by atoms with Crippen LogP contribution < -0.4 is 0 Å². The van der Waals surface area contributed by atoms with Crippen LogP contribution in [0.4, 0.5) is 0 Å². The molecule has 0 aromatic carbocycles. The van der Waals surface area contributed by atoms with Gasteiger partial charge in [-0.3, -0.25) is 0 Å². The molecule has 17 atom stereocenters. The van der Waals surface area contributed by atoms with Gasteiger partial charge in [0.25, 0.3) is 0 Å². The van der Waals surface area contributed by atoms with E-state index in [1.54, 1.807) is 89.9 Å². The first-order chi connectivity index (χ1) is 23.0. The van der Waals surface area contributed by atoms with Crippen molar-refractivity contribution in [2.45, 2.75) is 184 Å². The number of fused-ring (bicyclic) bond motifs is 13. The summed E-state index contributed by atoms with van der Waals surface area (Å²) in [5, 5.41) is 0. The van der Waals surface area contributed by atoms with Gasteiger partial charge in [0.15, 0.2) is 0 Å². The largest absolute Gasteiger partial charge is 0.0649 e. The summed E-state index contributed by atoms with van der Waals surface area (Å²) in [7, 11) is 0. The average Bonchev–Trinajstić information content (AvgIpc) is 3.60. The molecule has 0 aliphatic heterocycles. The molecule has 0 amide bonds. The van der Waals surface area contributed by atoms with Crippen LogP contribution in [-0.2, 0) is 0 Å². The van der Waals surface area contributed by atoms with E-state index in [4.69, 9.17) is 0 Å². The molecule has 0 bridgehead atoms. The van der Waals surface area contributed by atoms with E-state index in [1.165, 1.54) is 32.1 Å². The summed E-state index contributed by atoms with van der Waals surface area (Å²) in [6.07, 6.45) is 29.6. The highest BCUT2D eigenvalue weighted by atomic mass is 14.8. The Labute approximate surface area is 300 Å². The molecule has 8 aliphatic carbocycles. The molecule has 8 saturated carbocycles. The molecular weight excluding hydrogens is 577 g/mol. The van der Waals surface area contributed by atoms with Crippen LogP contribution in [0.1, 0.15) is 184 Å². The molecule has 274 valence electrons. The number of hydrogen-bond acceptors (Lipinski definition) is 0. The minimum absolute atomic E-state index is 0.519. The van der Waals surface area contributed by atoms with Crippen molar-refractivity contribution in [1.29, 1.82) is 0 Å². The minimum atomic E-state index is 0.519. The van der Waals surface area contributed by atoms with Gasteiger partial charge in [-0.2, -0.15) is 0 Å². The van der Waals surface area contributed by atoms with Crippen LogP contribution in [0, 0.1) is 117 Å². The standard InChI is InChI=1S/C48H82/c1-10-46(8,11-2)34-26-35(47(9,12-3)13-4)28-48(27-34)41-21-20-37-38(25-33-19-18-32-16-14-15-17-36(32)43(33)37)44(41)40-24-31(7)42-30(6)22-29(5)23-39(42)45(40)48/h29-45H,10-28H2,1-9H3. The summed E-state index contributed by atoms with van der Waals surface area (Å²) in [6.45, 7) is 24.0. The third kappa shape index (κ3) is 5.11. The molecule has 8 aliphatic rings. The lowest BCUT2D eigenvalue weighted by Gasteiger charge is -2.61. The highest BCUT2D eigenvalue weighted by Gasteiger charge is 2.71. The summed E-state index contributed by atoms with van der Waals surface area (Å²) < 4.78 is 0. The molecule has 0 aromatic heterocycles. The van der Waals surface area contributed by atoms with Gasteiger partial charge in [-0.1, -0.05) is 107 Å². The van der Waals surface area contributed by atoms with E-state index in [-0.39, 0.29) is 0 Å². The van der Waals surface area contributed by atoms with Crippen LogP contribution >= 0.6 is 0 Å². The van der Waals surface area contributed by atoms with Crippen molar-refractivity contribution in [3.05, 3.63) is 0 Å². The summed E-state index contributed by atoms with van der Waals surface area (Å²) >= 11 is 0. The molecule has 17 unspecified atom stereocenters. The average molecular weight is 659 g/mol. The van der Waals surface area contributed by atoms with Crippen molar-refractivity contribution in [2.75, 3.05) is 0 Å². The normalized spacial score (nSPS) is 53.3. The summed E-state index contributed by atoms with van der Waals surface area (Å²) in [5.74, 6) is 17.7. The van der Waals surface area contributed by atoms with E-state index >= 15 is 0 Å². The summed E-state index contributed by atoms with van der Waals surface area (Å²) in [5.41, 5.74) is 1.67. The smallest absolute Gasteiger partial charge is 0.0227 e. The lowest BCUT2D eigenvalue weighted by Crippen LogP contribution is -2.54. The zero-order valence-corrected chi connectivity index (χ0v) is 33.7. The Hall–Kier alpha value is 0. The minimum Gasteiger partial charge on any atom is -0.0649 e. The van der Waals surface area contributed by atoms with Crippen LogP contribution in [-0.4, -0.2) is 0 Å². The topological polar surface area (TPSA) is 0 Å². The molecule has 0 aromatic rings. The van der Waals surface area contributed by atoms with Crippen molar-refractivity contribution in [3.8, 4) is 0 Å². The fourth-order valence-electron chi connectivity index (χ4n) is 18.5. The van der Waals surface area contributed by atoms with Gasteiger partial charge in [-0.15, -0.1) is 0 Å². The Morgan fingerprint density at radius 3 is 1.77 bits per heavy atom. The van der Waals surface area contributed by atoms with Crippen molar-refractivity contribution in [3.63, 3.8) is 0 Å². The maximum Gasteiger partial charge on any atom is -0.0227 e. The second kappa shape index (κ2) is 12.8. The van der Waals surface area contributed by atoms with E-state index in [2.05, 4.69) is 62.3 Å². The third-order valence-electron chi connectivity index (χ3n) is 21.0. The first-order valence-electron chi connectivity index (χ1n) is 23.0. The lowest BCUT2D eigenvalue weighted by molar-refractivity contribution is -0.124. The van der Waals surface area contributed by atoms with Gasteiger partial charge in [0.1, 0.15) is 0 Å². The van der Waals surface area contributed by atoms with E-state index < -0.39 is 0 Å². The SMILES string of the molecule is CCC(C)(CC)C1CC(C(C)(CC)CC)CC2(C1)C1CCC3C(CC4CCC5CCCCC5C43)C1C1CC(C)C3C(C)CC(C)CC3C12. The van der Waals surface area contributed by atoms with E-state index in [0.717, 1.165) is 101 Å². The number of rotatable bonds is 6. The number of hydrogen-bond donors (Lipinski definition) is 0. The molecule has 0 N–H and O–H groups in total. The molecule has 48 heavy (non-hydrogen) atoms. The summed E-state index contributed by atoms with van der Waals surface area (Å²) in [6, 6.07) is 0. The highest BCUT2D eigenvalue weighted by molar-refractivity contribution is 5.19. The Morgan fingerprint density at radius 2 is 1.10 bits per heavy atom. The quantitative estimate of drug-likeness (QED) is 0.266. The molecule has 8 fully saturated rings. The Kier molecular flexibility index (Phi) is 9.38. The molecule has 0 heterocycles. The van der Waals surface area contributed by atoms with Crippen molar-refractivity contribution < 1.29 is 0 Å². The van der Waals surface area contributed by atoms with Gasteiger partial charge in [-0.05, 0) is 194 Å². The highest BCUT2D eigenvalue weighted by Crippen LogP contribution is 2.78. The maximum absolute atomic E-state index is 2.78. The molecule has 0 radical (unpaired) electrons. The van der Waals surface area contributed by atoms with Gasteiger partial charge in [0.2, 0.25) is 0 Å². The van der Waals surface area contributed by atoms with E-state index in [0.29, 0.717) is 16.2 Å². The van der Waals surface area contributed by atoms with Gasteiger partial charge in [0, 0.05) is 0 Å². The third-order valence-corrected chi connectivity index (χ3v) is 21.0. The predicted molar refractivity (Wildman–Crippen MR) is 205 cm³/mol. The predicted octanol–water partition coefficient (Wildman–Crippen LogP) is 14.1. The van der Waals surface area contributed by atoms with Crippen LogP contribution in [0.2, 0.25) is 0 Å². The maximum atomic E-state index is 2.78.